The summed E-state index contributed by atoms with van der Waals surface area (Å²) in [6.07, 6.45) is 2.44. The molecule has 124 valence electrons. The van der Waals surface area contributed by atoms with Crippen molar-refractivity contribution >= 4 is 29.0 Å². The number of carbonyl (C=O) groups is 1. The van der Waals surface area contributed by atoms with E-state index in [-0.39, 0.29) is 12.0 Å². The average Bonchev–Trinajstić information content (AvgIpc) is 3.13. The van der Waals surface area contributed by atoms with Crippen molar-refractivity contribution in [1.82, 2.24) is 5.32 Å². The molecule has 0 spiro atoms. The van der Waals surface area contributed by atoms with Gasteiger partial charge in [0.2, 0.25) is 5.91 Å². The number of carbonyl (C=O) groups excluding carboxylic acids is 1. The van der Waals surface area contributed by atoms with E-state index in [1.54, 1.807) is 11.8 Å². The van der Waals surface area contributed by atoms with Gasteiger partial charge in [-0.3, -0.25) is 9.69 Å². The van der Waals surface area contributed by atoms with Gasteiger partial charge >= 0.3 is 0 Å². The zero-order valence-electron chi connectivity index (χ0n) is 13.4. The molecular weight excluding hydrogens is 320 g/mol. The van der Waals surface area contributed by atoms with E-state index in [1.165, 1.54) is 0 Å². The molecule has 1 fully saturated rings. The number of rotatable bonds is 4. The van der Waals surface area contributed by atoms with Crippen molar-refractivity contribution in [2.24, 2.45) is 0 Å². The van der Waals surface area contributed by atoms with Crippen LogP contribution in [0.3, 0.4) is 0 Å². The Morgan fingerprint density at radius 2 is 1.79 bits per heavy atom. The lowest BCUT2D eigenvalue weighted by molar-refractivity contribution is -0.117. The van der Waals surface area contributed by atoms with Crippen LogP contribution in [-0.4, -0.2) is 31.7 Å². The molecule has 2 aromatic carbocycles. The summed E-state index contributed by atoms with van der Waals surface area (Å²) in [5.41, 5.74) is 1.93. The third-order valence-electron chi connectivity index (χ3n) is 4.35. The van der Waals surface area contributed by atoms with Gasteiger partial charge in [-0.1, -0.05) is 36.0 Å². The number of anilines is 2. The second-order valence-electron chi connectivity index (χ2n) is 6.03. The molecule has 0 unspecified atom stereocenters. The Balaban J connectivity index is 1.54. The van der Waals surface area contributed by atoms with E-state index in [9.17, 15) is 4.79 Å². The smallest absolute Gasteiger partial charge is 0.245 e. The van der Waals surface area contributed by atoms with Gasteiger partial charge in [0.05, 0.1) is 24.0 Å². The van der Waals surface area contributed by atoms with Gasteiger partial charge < -0.3 is 10.1 Å². The Kier molecular flexibility index (Phi) is 4.56. The molecule has 0 radical (unpaired) electrons. The lowest BCUT2D eigenvalue weighted by Crippen LogP contribution is -2.39. The largest absolute Gasteiger partial charge is 0.377 e. The third-order valence-corrected chi connectivity index (χ3v) is 5.48. The summed E-state index contributed by atoms with van der Waals surface area (Å²) < 4.78 is 5.60. The number of benzene rings is 2. The molecule has 4 nitrogen and oxygen atoms in total. The van der Waals surface area contributed by atoms with Crippen LogP contribution < -0.4 is 10.2 Å². The van der Waals surface area contributed by atoms with Crippen molar-refractivity contribution in [1.29, 1.82) is 0 Å². The first-order valence-electron chi connectivity index (χ1n) is 8.34. The molecule has 24 heavy (non-hydrogen) atoms. The first kappa shape index (κ1) is 15.7. The molecule has 4 rings (SSSR count). The summed E-state index contributed by atoms with van der Waals surface area (Å²) >= 11 is 1.71. The molecule has 0 bridgehead atoms. The molecule has 1 atom stereocenters. The molecule has 2 aliphatic rings. The Morgan fingerprint density at radius 1 is 1.12 bits per heavy atom. The van der Waals surface area contributed by atoms with E-state index >= 15 is 0 Å². The van der Waals surface area contributed by atoms with Crippen molar-refractivity contribution in [2.45, 2.75) is 28.7 Å². The highest BCUT2D eigenvalue weighted by Gasteiger charge is 2.27. The Labute approximate surface area is 146 Å². The van der Waals surface area contributed by atoms with Crippen molar-refractivity contribution in [3.05, 3.63) is 48.5 Å². The van der Waals surface area contributed by atoms with Crippen molar-refractivity contribution < 1.29 is 9.53 Å². The molecule has 2 heterocycles. The first-order chi connectivity index (χ1) is 11.8. The van der Waals surface area contributed by atoms with Gasteiger partial charge in [-0.05, 0) is 37.1 Å². The molecule has 0 saturated carbocycles. The molecule has 0 aliphatic carbocycles. The minimum absolute atomic E-state index is 0.0631. The Bertz CT molecular complexity index is 698. The zero-order chi connectivity index (χ0) is 16.4. The summed E-state index contributed by atoms with van der Waals surface area (Å²) in [4.78, 5) is 17.0. The SMILES string of the molecule is O=C(CNC[C@H]1CCCO1)N1c2ccccc2Sc2ccccc21. The van der Waals surface area contributed by atoms with E-state index in [1.807, 2.05) is 41.3 Å². The van der Waals surface area contributed by atoms with Crippen LogP contribution in [0.15, 0.2) is 58.3 Å². The predicted octanol–water partition coefficient (Wildman–Crippen LogP) is 3.58. The maximum atomic E-state index is 12.9. The topological polar surface area (TPSA) is 41.6 Å². The normalized spacial score (nSPS) is 19.0. The molecule has 0 aromatic heterocycles. The summed E-state index contributed by atoms with van der Waals surface area (Å²) in [6, 6.07) is 16.1. The van der Waals surface area contributed by atoms with Gasteiger partial charge in [-0.2, -0.15) is 0 Å². The van der Waals surface area contributed by atoms with Crippen molar-refractivity contribution in [3.63, 3.8) is 0 Å². The summed E-state index contributed by atoms with van der Waals surface area (Å²) in [5.74, 6) is 0.0631. The molecule has 2 aliphatic heterocycles. The second kappa shape index (κ2) is 6.97. The van der Waals surface area contributed by atoms with Crippen LogP contribution in [0.4, 0.5) is 11.4 Å². The molecule has 1 N–H and O–H groups in total. The van der Waals surface area contributed by atoms with Gasteiger partial charge in [0, 0.05) is 22.9 Å². The quantitative estimate of drug-likeness (QED) is 0.924. The summed E-state index contributed by atoms with van der Waals surface area (Å²) in [5, 5.41) is 3.26. The molecule has 1 amide bonds. The molecule has 2 aromatic rings. The number of hydrogen-bond donors (Lipinski definition) is 1. The van der Waals surface area contributed by atoms with E-state index in [2.05, 4.69) is 17.4 Å². The molecular formula is C19H20N2O2S. The Hall–Kier alpha value is -1.82. The van der Waals surface area contributed by atoms with Gasteiger partial charge in [0.15, 0.2) is 0 Å². The highest BCUT2D eigenvalue weighted by atomic mass is 32.2. The van der Waals surface area contributed by atoms with Gasteiger partial charge in [-0.15, -0.1) is 0 Å². The molecule has 1 saturated heterocycles. The number of para-hydroxylation sites is 2. The monoisotopic (exact) mass is 340 g/mol. The van der Waals surface area contributed by atoms with E-state index in [0.29, 0.717) is 6.54 Å². The maximum absolute atomic E-state index is 12.9. The lowest BCUT2D eigenvalue weighted by Gasteiger charge is -2.31. The van der Waals surface area contributed by atoms with Gasteiger partial charge in [-0.25, -0.2) is 0 Å². The third kappa shape index (κ3) is 3.07. The van der Waals surface area contributed by atoms with Crippen LogP contribution >= 0.6 is 11.8 Å². The average molecular weight is 340 g/mol. The van der Waals surface area contributed by atoms with E-state index in [4.69, 9.17) is 4.74 Å². The van der Waals surface area contributed by atoms with E-state index in [0.717, 1.165) is 47.2 Å². The van der Waals surface area contributed by atoms with Crippen LogP contribution in [0.2, 0.25) is 0 Å². The summed E-state index contributed by atoms with van der Waals surface area (Å²) in [7, 11) is 0. The Morgan fingerprint density at radius 3 is 2.42 bits per heavy atom. The second-order valence-corrected chi connectivity index (χ2v) is 7.12. The minimum Gasteiger partial charge on any atom is -0.377 e. The number of nitrogens with zero attached hydrogens (tertiary/aromatic N) is 1. The van der Waals surface area contributed by atoms with Crippen LogP contribution in [0.1, 0.15) is 12.8 Å². The standard InChI is InChI=1S/C19H20N2O2S/c22-19(13-20-12-14-6-5-11-23-14)21-15-7-1-3-9-17(15)24-18-10-4-2-8-16(18)21/h1-4,7-10,14,20H,5-6,11-13H2/t14-/m1/s1. The van der Waals surface area contributed by atoms with Crippen LogP contribution in [0.25, 0.3) is 0 Å². The van der Waals surface area contributed by atoms with Gasteiger partial charge in [0.1, 0.15) is 0 Å². The van der Waals surface area contributed by atoms with Crippen LogP contribution in [-0.2, 0) is 9.53 Å². The first-order valence-corrected chi connectivity index (χ1v) is 9.16. The number of ether oxygens (including phenoxy) is 1. The zero-order valence-corrected chi connectivity index (χ0v) is 14.2. The molecule has 5 heteroatoms. The highest BCUT2D eigenvalue weighted by Crippen LogP contribution is 2.47. The van der Waals surface area contributed by atoms with Crippen molar-refractivity contribution in [3.8, 4) is 0 Å². The van der Waals surface area contributed by atoms with E-state index < -0.39 is 0 Å². The number of fused-ring (bicyclic) bond motifs is 2. The minimum atomic E-state index is 0.0631. The van der Waals surface area contributed by atoms with Crippen LogP contribution in [0.5, 0.6) is 0 Å². The van der Waals surface area contributed by atoms with Gasteiger partial charge in [0.25, 0.3) is 0 Å². The summed E-state index contributed by atoms with van der Waals surface area (Å²) in [6.45, 7) is 1.88. The fourth-order valence-electron chi connectivity index (χ4n) is 3.20. The number of hydrogen-bond acceptors (Lipinski definition) is 4. The fraction of sp³-hybridized carbons (Fsp3) is 0.316. The highest BCUT2D eigenvalue weighted by molar-refractivity contribution is 7.99. The maximum Gasteiger partial charge on any atom is 0.245 e. The fourth-order valence-corrected chi connectivity index (χ4v) is 4.26. The lowest BCUT2D eigenvalue weighted by atomic mass is 10.2. The number of amides is 1. The van der Waals surface area contributed by atoms with Crippen molar-refractivity contribution in [2.75, 3.05) is 24.6 Å². The number of nitrogens with one attached hydrogen (secondary N) is 1. The van der Waals surface area contributed by atoms with Crippen LogP contribution in [0, 0.1) is 0 Å². The predicted molar refractivity (Wildman–Crippen MR) is 96.0 cm³/mol.